The van der Waals surface area contributed by atoms with Crippen LogP contribution in [0.3, 0.4) is 0 Å². The third-order valence-corrected chi connectivity index (χ3v) is 2.71. The summed E-state index contributed by atoms with van der Waals surface area (Å²) in [5.41, 5.74) is -0.118. The zero-order valence-corrected chi connectivity index (χ0v) is 9.43. The highest BCUT2D eigenvalue weighted by atomic mass is 16.6. The first-order chi connectivity index (χ1) is 8.07. The van der Waals surface area contributed by atoms with E-state index in [-0.39, 0.29) is 5.69 Å². The Kier molecular flexibility index (Phi) is 2.55. The normalized spacial score (nSPS) is 10.5. The van der Waals surface area contributed by atoms with E-state index in [2.05, 4.69) is 5.32 Å². The summed E-state index contributed by atoms with van der Waals surface area (Å²) in [6.07, 6.45) is 0. The first-order valence-corrected chi connectivity index (χ1v) is 5.01. The summed E-state index contributed by atoms with van der Waals surface area (Å²) in [5.74, 6) is 0. The monoisotopic (exact) mass is 233 g/mol. The van der Waals surface area contributed by atoms with Crippen LogP contribution >= 0.6 is 0 Å². The molecular weight excluding hydrogens is 222 g/mol. The molecule has 0 spiro atoms. The van der Waals surface area contributed by atoms with E-state index in [0.717, 1.165) is 0 Å². The Hall–Kier alpha value is -2.37. The highest BCUT2D eigenvalue weighted by Crippen LogP contribution is 2.28. The number of anilines is 1. The van der Waals surface area contributed by atoms with Crippen LogP contribution in [0.4, 0.5) is 11.4 Å². The Labute approximate surface area is 96.6 Å². The fourth-order valence-electron chi connectivity index (χ4n) is 1.90. The van der Waals surface area contributed by atoms with E-state index in [0.29, 0.717) is 10.9 Å². The number of para-hydroxylation sites is 1. The molecule has 1 aromatic carbocycles. The first kappa shape index (κ1) is 11.1. The smallest absolute Gasteiger partial charge is 0.357 e. The molecule has 17 heavy (non-hydrogen) atoms. The van der Waals surface area contributed by atoms with Gasteiger partial charge >= 0.3 is 11.2 Å². The van der Waals surface area contributed by atoms with Gasteiger partial charge < -0.3 is 9.88 Å². The van der Waals surface area contributed by atoms with Gasteiger partial charge in [-0.05, 0) is 6.07 Å². The zero-order valence-electron chi connectivity index (χ0n) is 9.43. The number of hydrogen-bond acceptors (Lipinski definition) is 4. The largest absolute Gasteiger partial charge is 0.382 e. The Balaban J connectivity index is 3.06. The third-order valence-electron chi connectivity index (χ3n) is 2.71. The number of nitro groups is 1. The first-order valence-electron chi connectivity index (χ1n) is 5.01. The van der Waals surface area contributed by atoms with Crippen molar-refractivity contribution in [3.8, 4) is 0 Å². The van der Waals surface area contributed by atoms with Crippen molar-refractivity contribution in [2.24, 2.45) is 7.05 Å². The highest BCUT2D eigenvalue weighted by Gasteiger charge is 2.23. The van der Waals surface area contributed by atoms with Crippen molar-refractivity contribution in [2.75, 3.05) is 12.4 Å². The van der Waals surface area contributed by atoms with Crippen molar-refractivity contribution in [1.82, 2.24) is 4.57 Å². The molecule has 0 radical (unpaired) electrons. The molecule has 0 atom stereocenters. The standard InChI is InChI=1S/C11H11N3O3/c1-12-9-7-5-3-4-6-8(7)13(2)11(15)10(9)14(16)17/h3-6,12H,1-2H3. The second-order valence-electron chi connectivity index (χ2n) is 3.61. The zero-order chi connectivity index (χ0) is 12.6. The average Bonchev–Trinajstić information content (AvgIpc) is 2.33. The number of fused-ring (bicyclic) bond motifs is 1. The van der Waals surface area contributed by atoms with Crippen LogP contribution in [0.5, 0.6) is 0 Å². The minimum atomic E-state index is -0.652. The van der Waals surface area contributed by atoms with Crippen LogP contribution in [0, 0.1) is 10.1 Å². The van der Waals surface area contributed by atoms with Crippen LogP contribution in [-0.4, -0.2) is 16.5 Å². The lowest BCUT2D eigenvalue weighted by molar-refractivity contribution is -0.385. The number of nitrogens with zero attached hydrogens (tertiary/aromatic N) is 2. The summed E-state index contributed by atoms with van der Waals surface area (Å²) in [6.45, 7) is 0. The topological polar surface area (TPSA) is 77.2 Å². The summed E-state index contributed by atoms with van der Waals surface area (Å²) in [7, 11) is 3.09. The lowest BCUT2D eigenvalue weighted by atomic mass is 10.1. The maximum atomic E-state index is 11.9. The highest BCUT2D eigenvalue weighted by molar-refractivity contribution is 5.95. The van der Waals surface area contributed by atoms with Gasteiger partial charge in [0.05, 0.1) is 10.4 Å². The van der Waals surface area contributed by atoms with Crippen molar-refractivity contribution >= 4 is 22.3 Å². The molecule has 88 valence electrons. The van der Waals surface area contributed by atoms with E-state index < -0.39 is 16.2 Å². The van der Waals surface area contributed by atoms with Gasteiger partial charge in [-0.2, -0.15) is 0 Å². The molecular formula is C11H11N3O3. The second-order valence-corrected chi connectivity index (χ2v) is 3.61. The molecule has 6 heteroatoms. The molecule has 0 aliphatic carbocycles. The average molecular weight is 233 g/mol. The molecule has 0 fully saturated rings. The van der Waals surface area contributed by atoms with Gasteiger partial charge in [0, 0.05) is 19.5 Å². The minimum Gasteiger partial charge on any atom is -0.382 e. The molecule has 2 aromatic rings. The molecule has 1 aromatic heterocycles. The van der Waals surface area contributed by atoms with E-state index in [1.165, 1.54) is 11.6 Å². The van der Waals surface area contributed by atoms with Crippen LogP contribution in [0.1, 0.15) is 0 Å². The number of pyridine rings is 1. The fourth-order valence-corrected chi connectivity index (χ4v) is 1.90. The molecule has 1 N–H and O–H groups in total. The minimum absolute atomic E-state index is 0.258. The number of benzene rings is 1. The molecule has 0 aliphatic heterocycles. The van der Waals surface area contributed by atoms with Gasteiger partial charge in [0.1, 0.15) is 5.69 Å². The fraction of sp³-hybridized carbons (Fsp3) is 0.182. The Bertz CT molecular complexity index is 661. The van der Waals surface area contributed by atoms with Crippen LogP contribution in [0.2, 0.25) is 0 Å². The maximum Gasteiger partial charge on any atom is 0.357 e. The molecule has 6 nitrogen and oxygen atoms in total. The van der Waals surface area contributed by atoms with Gasteiger partial charge in [-0.3, -0.25) is 14.9 Å². The van der Waals surface area contributed by atoms with Crippen molar-refractivity contribution in [3.63, 3.8) is 0 Å². The SMILES string of the molecule is CNc1c([N+](=O)[O-])c(=O)n(C)c2ccccc12. The Morgan fingerprint density at radius 2 is 2.00 bits per heavy atom. The number of hydrogen-bond donors (Lipinski definition) is 1. The predicted octanol–water partition coefficient (Wildman–Crippen LogP) is 1.49. The molecule has 0 saturated heterocycles. The number of aryl methyl sites for hydroxylation is 1. The molecule has 1 heterocycles. The van der Waals surface area contributed by atoms with Gasteiger partial charge in [0.15, 0.2) is 0 Å². The van der Waals surface area contributed by atoms with Gasteiger partial charge in [-0.15, -0.1) is 0 Å². The Morgan fingerprint density at radius 1 is 1.35 bits per heavy atom. The van der Waals surface area contributed by atoms with Crippen molar-refractivity contribution in [2.45, 2.75) is 0 Å². The van der Waals surface area contributed by atoms with Crippen molar-refractivity contribution < 1.29 is 4.92 Å². The quantitative estimate of drug-likeness (QED) is 0.629. The summed E-state index contributed by atoms with van der Waals surface area (Å²) in [4.78, 5) is 22.2. The van der Waals surface area contributed by atoms with Gasteiger partial charge in [0.25, 0.3) is 0 Å². The van der Waals surface area contributed by atoms with Crippen molar-refractivity contribution in [3.05, 3.63) is 44.7 Å². The lowest BCUT2D eigenvalue weighted by Crippen LogP contribution is -2.21. The summed E-state index contributed by atoms with van der Waals surface area (Å²) < 4.78 is 1.29. The second kappa shape index (κ2) is 3.89. The Morgan fingerprint density at radius 3 is 2.59 bits per heavy atom. The molecule has 2 rings (SSSR count). The van der Waals surface area contributed by atoms with Crippen LogP contribution in [-0.2, 0) is 7.05 Å². The lowest BCUT2D eigenvalue weighted by Gasteiger charge is -2.09. The van der Waals surface area contributed by atoms with Crippen LogP contribution in [0.25, 0.3) is 10.9 Å². The van der Waals surface area contributed by atoms with Crippen LogP contribution < -0.4 is 10.9 Å². The maximum absolute atomic E-state index is 11.9. The number of rotatable bonds is 2. The molecule has 0 aliphatic rings. The molecule has 0 unspecified atom stereocenters. The molecule has 0 amide bonds. The predicted molar refractivity (Wildman–Crippen MR) is 65.4 cm³/mol. The van der Waals surface area contributed by atoms with E-state index in [9.17, 15) is 14.9 Å². The van der Waals surface area contributed by atoms with Gasteiger partial charge in [0.2, 0.25) is 0 Å². The van der Waals surface area contributed by atoms with Crippen LogP contribution in [0.15, 0.2) is 29.1 Å². The molecule has 0 bridgehead atoms. The third kappa shape index (κ3) is 1.54. The summed E-state index contributed by atoms with van der Waals surface area (Å²) >= 11 is 0. The number of nitrogens with one attached hydrogen (secondary N) is 1. The van der Waals surface area contributed by atoms with E-state index in [1.54, 1.807) is 31.3 Å². The van der Waals surface area contributed by atoms with Crippen molar-refractivity contribution in [1.29, 1.82) is 0 Å². The summed E-state index contributed by atoms with van der Waals surface area (Å²) in [5, 5.41) is 14.3. The van der Waals surface area contributed by atoms with Gasteiger partial charge in [-0.25, -0.2) is 0 Å². The molecule has 0 saturated carbocycles. The van der Waals surface area contributed by atoms with E-state index in [1.807, 2.05) is 0 Å². The van der Waals surface area contributed by atoms with E-state index in [4.69, 9.17) is 0 Å². The van der Waals surface area contributed by atoms with E-state index >= 15 is 0 Å². The summed E-state index contributed by atoms with van der Waals surface area (Å²) in [6, 6.07) is 7.05. The number of aromatic nitrogens is 1. The van der Waals surface area contributed by atoms with Gasteiger partial charge in [-0.1, -0.05) is 18.2 Å².